The van der Waals surface area contributed by atoms with E-state index in [1.165, 1.54) is 5.56 Å². The molecule has 0 amide bonds. The summed E-state index contributed by atoms with van der Waals surface area (Å²) in [6.07, 6.45) is 4.18. The molecular weight excluding hydrogens is 217 g/mol. The number of rotatable bonds is 6. The molecule has 0 aliphatic heterocycles. The number of nitrogens with zero attached hydrogens (tertiary/aromatic N) is 3. The number of hydrogen-bond acceptors (Lipinski definition) is 2. The lowest BCUT2D eigenvalue weighted by molar-refractivity contribution is 0.461. The van der Waals surface area contributed by atoms with Crippen LogP contribution in [0.3, 0.4) is 0 Å². The smallest absolute Gasteiger partial charge is 0.0894 e. The zero-order valence-corrected chi connectivity index (χ0v) is 9.72. The van der Waals surface area contributed by atoms with E-state index in [0.717, 1.165) is 25.1 Å². The first-order valence-corrected chi connectivity index (χ1v) is 5.87. The molecule has 0 aliphatic carbocycles. The SMILES string of the molecule is FCCCCc1cn(Cc2ccccc2)nn1. The second-order valence-corrected chi connectivity index (χ2v) is 4.04. The molecule has 1 heterocycles. The Morgan fingerprint density at radius 2 is 1.94 bits per heavy atom. The highest BCUT2D eigenvalue weighted by Crippen LogP contribution is 2.04. The molecule has 0 saturated heterocycles. The molecule has 0 atom stereocenters. The molecule has 0 spiro atoms. The first-order valence-electron chi connectivity index (χ1n) is 5.87. The van der Waals surface area contributed by atoms with Crippen LogP contribution in [0, 0.1) is 0 Å². The van der Waals surface area contributed by atoms with Crippen molar-refractivity contribution in [3.05, 3.63) is 47.8 Å². The summed E-state index contributed by atoms with van der Waals surface area (Å²) < 4.78 is 13.8. The van der Waals surface area contributed by atoms with Crippen LogP contribution >= 0.6 is 0 Å². The van der Waals surface area contributed by atoms with Gasteiger partial charge < -0.3 is 0 Å². The number of benzene rings is 1. The van der Waals surface area contributed by atoms with Crippen molar-refractivity contribution in [3.63, 3.8) is 0 Å². The van der Waals surface area contributed by atoms with Crippen LogP contribution in [0.5, 0.6) is 0 Å². The molecule has 0 bridgehead atoms. The summed E-state index contributed by atoms with van der Waals surface area (Å²) in [5.41, 5.74) is 2.14. The van der Waals surface area contributed by atoms with Crippen molar-refractivity contribution in [2.45, 2.75) is 25.8 Å². The molecule has 0 aliphatic rings. The Kier molecular flexibility index (Phi) is 4.24. The van der Waals surface area contributed by atoms with Gasteiger partial charge in [0.2, 0.25) is 0 Å². The van der Waals surface area contributed by atoms with Crippen LogP contribution < -0.4 is 0 Å². The minimum absolute atomic E-state index is 0.252. The first-order chi connectivity index (χ1) is 8.38. The molecule has 2 aromatic rings. The highest BCUT2D eigenvalue weighted by Gasteiger charge is 2.01. The Balaban J connectivity index is 1.90. The maximum Gasteiger partial charge on any atom is 0.0894 e. The minimum Gasteiger partial charge on any atom is -0.251 e. The van der Waals surface area contributed by atoms with E-state index in [9.17, 15) is 4.39 Å². The van der Waals surface area contributed by atoms with Gasteiger partial charge in [0.25, 0.3) is 0 Å². The second kappa shape index (κ2) is 6.13. The van der Waals surface area contributed by atoms with Crippen LogP contribution in [0.4, 0.5) is 4.39 Å². The summed E-state index contributed by atoms with van der Waals surface area (Å²) in [4.78, 5) is 0. The van der Waals surface area contributed by atoms with Gasteiger partial charge in [-0.05, 0) is 24.8 Å². The van der Waals surface area contributed by atoms with Gasteiger partial charge in [0, 0.05) is 6.20 Å². The Morgan fingerprint density at radius 1 is 1.12 bits per heavy atom. The van der Waals surface area contributed by atoms with E-state index < -0.39 is 0 Å². The Hall–Kier alpha value is -1.71. The van der Waals surface area contributed by atoms with Crippen LogP contribution in [0.2, 0.25) is 0 Å². The summed E-state index contributed by atoms with van der Waals surface area (Å²) >= 11 is 0. The first kappa shape index (κ1) is 11.8. The van der Waals surface area contributed by atoms with Crippen LogP contribution in [-0.4, -0.2) is 21.7 Å². The second-order valence-electron chi connectivity index (χ2n) is 4.04. The molecule has 0 saturated carbocycles. The van der Waals surface area contributed by atoms with Crippen LogP contribution in [0.1, 0.15) is 24.1 Å². The van der Waals surface area contributed by atoms with Crippen molar-refractivity contribution in [2.24, 2.45) is 0 Å². The average molecular weight is 233 g/mol. The van der Waals surface area contributed by atoms with Gasteiger partial charge in [-0.25, -0.2) is 4.68 Å². The molecule has 0 unspecified atom stereocenters. The number of aryl methyl sites for hydroxylation is 1. The van der Waals surface area contributed by atoms with E-state index in [4.69, 9.17) is 0 Å². The summed E-state index contributed by atoms with van der Waals surface area (Å²) in [6, 6.07) is 10.1. The highest BCUT2D eigenvalue weighted by molar-refractivity contribution is 5.14. The van der Waals surface area contributed by atoms with Gasteiger partial charge in [-0.15, -0.1) is 5.10 Å². The Bertz CT molecular complexity index is 439. The Morgan fingerprint density at radius 3 is 2.71 bits per heavy atom. The molecule has 0 fully saturated rings. The van der Waals surface area contributed by atoms with Crippen molar-refractivity contribution < 1.29 is 4.39 Å². The lowest BCUT2D eigenvalue weighted by Gasteiger charge is -1.99. The Labute approximate surface area is 100 Å². The quantitative estimate of drug-likeness (QED) is 0.718. The van der Waals surface area contributed by atoms with Gasteiger partial charge in [-0.2, -0.15) is 0 Å². The number of hydrogen-bond donors (Lipinski definition) is 0. The van der Waals surface area contributed by atoms with E-state index in [1.807, 2.05) is 29.1 Å². The maximum atomic E-state index is 11.9. The summed E-state index contributed by atoms with van der Waals surface area (Å²) in [5, 5.41) is 8.14. The zero-order chi connectivity index (χ0) is 11.9. The third-order valence-corrected chi connectivity index (χ3v) is 2.59. The molecule has 17 heavy (non-hydrogen) atoms. The molecule has 1 aromatic heterocycles. The van der Waals surface area contributed by atoms with Gasteiger partial charge in [0.1, 0.15) is 0 Å². The van der Waals surface area contributed by atoms with E-state index in [2.05, 4.69) is 22.4 Å². The van der Waals surface area contributed by atoms with E-state index in [1.54, 1.807) is 0 Å². The predicted molar refractivity (Wildman–Crippen MR) is 64.5 cm³/mol. The molecule has 0 radical (unpaired) electrons. The lowest BCUT2D eigenvalue weighted by atomic mass is 10.2. The minimum atomic E-state index is -0.252. The lowest BCUT2D eigenvalue weighted by Crippen LogP contribution is -1.99. The van der Waals surface area contributed by atoms with Gasteiger partial charge in [-0.1, -0.05) is 35.5 Å². The van der Waals surface area contributed by atoms with E-state index in [-0.39, 0.29) is 6.67 Å². The molecular formula is C13H16FN3. The fraction of sp³-hybridized carbons (Fsp3) is 0.385. The van der Waals surface area contributed by atoms with E-state index in [0.29, 0.717) is 6.42 Å². The number of halogens is 1. The average Bonchev–Trinajstić information content (AvgIpc) is 2.79. The van der Waals surface area contributed by atoms with Gasteiger partial charge in [0.05, 0.1) is 18.9 Å². The molecule has 1 aromatic carbocycles. The number of unbranched alkanes of at least 4 members (excludes halogenated alkanes) is 1. The summed E-state index contributed by atoms with van der Waals surface area (Å²) in [6.45, 7) is 0.481. The summed E-state index contributed by atoms with van der Waals surface area (Å²) in [7, 11) is 0. The molecule has 0 N–H and O–H groups in total. The topological polar surface area (TPSA) is 30.7 Å². The van der Waals surface area contributed by atoms with Crippen LogP contribution in [0.15, 0.2) is 36.5 Å². The molecule has 90 valence electrons. The van der Waals surface area contributed by atoms with Crippen molar-refractivity contribution in [3.8, 4) is 0 Å². The van der Waals surface area contributed by atoms with Crippen LogP contribution in [-0.2, 0) is 13.0 Å². The van der Waals surface area contributed by atoms with Gasteiger partial charge in [0.15, 0.2) is 0 Å². The van der Waals surface area contributed by atoms with E-state index >= 15 is 0 Å². The van der Waals surface area contributed by atoms with Gasteiger partial charge >= 0.3 is 0 Å². The van der Waals surface area contributed by atoms with Gasteiger partial charge in [-0.3, -0.25) is 4.39 Å². The third-order valence-electron chi connectivity index (χ3n) is 2.59. The number of alkyl halides is 1. The number of aromatic nitrogens is 3. The monoisotopic (exact) mass is 233 g/mol. The fourth-order valence-corrected chi connectivity index (χ4v) is 1.70. The molecule has 2 rings (SSSR count). The maximum absolute atomic E-state index is 11.9. The molecule has 4 heteroatoms. The zero-order valence-electron chi connectivity index (χ0n) is 9.72. The van der Waals surface area contributed by atoms with Crippen molar-refractivity contribution in [1.29, 1.82) is 0 Å². The highest BCUT2D eigenvalue weighted by atomic mass is 19.1. The van der Waals surface area contributed by atoms with Crippen molar-refractivity contribution in [1.82, 2.24) is 15.0 Å². The third kappa shape index (κ3) is 3.66. The standard InChI is InChI=1S/C13H16FN3/c14-9-5-4-8-13-11-17(16-15-13)10-12-6-2-1-3-7-12/h1-3,6-7,11H,4-5,8-10H2. The normalized spacial score (nSPS) is 10.6. The van der Waals surface area contributed by atoms with Crippen molar-refractivity contribution >= 4 is 0 Å². The largest absolute Gasteiger partial charge is 0.251 e. The predicted octanol–water partition coefficient (Wildman–Crippen LogP) is 2.62. The van der Waals surface area contributed by atoms with Crippen molar-refractivity contribution in [2.75, 3.05) is 6.67 Å². The fourth-order valence-electron chi connectivity index (χ4n) is 1.70. The van der Waals surface area contributed by atoms with Crippen LogP contribution in [0.25, 0.3) is 0 Å². The molecule has 3 nitrogen and oxygen atoms in total. The summed E-state index contributed by atoms with van der Waals surface area (Å²) in [5.74, 6) is 0.